The number of hydrogen-bond donors (Lipinski definition) is 0. The van der Waals surface area contributed by atoms with Crippen LogP contribution in [-0.2, 0) is 9.47 Å². The fourth-order valence-electron chi connectivity index (χ4n) is 0.295. The second-order valence-electron chi connectivity index (χ2n) is 0.934. The van der Waals surface area contributed by atoms with E-state index in [1.807, 2.05) is 13.8 Å². The molecule has 56 valence electrons. The Morgan fingerprint density at radius 3 is 1.44 bits per heavy atom. The molecule has 0 radical (unpaired) electrons. The van der Waals surface area contributed by atoms with Crippen LogP contribution in [0, 0.1) is 0 Å². The Morgan fingerprint density at radius 2 is 1.33 bits per heavy atom. The molecule has 1 rings (SSSR count). The second kappa shape index (κ2) is 15.6. The minimum absolute atomic E-state index is 0.500. The van der Waals surface area contributed by atoms with Gasteiger partial charge < -0.3 is 9.47 Å². The van der Waals surface area contributed by atoms with Crippen molar-refractivity contribution in [1.82, 2.24) is 0 Å². The Kier molecular flexibility index (Phi) is 19.9. The topological polar surface area (TPSA) is 18.5 Å². The monoisotopic (exact) mass is 132 g/mol. The van der Waals surface area contributed by atoms with Crippen LogP contribution in [0.1, 0.15) is 13.8 Å². The van der Waals surface area contributed by atoms with Crippen molar-refractivity contribution in [3.63, 3.8) is 0 Å². The van der Waals surface area contributed by atoms with E-state index in [2.05, 4.69) is 13.2 Å². The van der Waals surface area contributed by atoms with Gasteiger partial charge in [0, 0.05) is 0 Å². The van der Waals surface area contributed by atoms with Gasteiger partial charge in [-0.25, -0.2) is 0 Å². The van der Waals surface area contributed by atoms with Crippen LogP contribution in [-0.4, -0.2) is 20.0 Å². The highest BCUT2D eigenvalue weighted by molar-refractivity contribution is 4.28. The lowest BCUT2D eigenvalue weighted by Crippen LogP contribution is -1.79. The van der Waals surface area contributed by atoms with E-state index in [1.165, 1.54) is 0 Å². The van der Waals surface area contributed by atoms with Crippen LogP contribution < -0.4 is 0 Å². The van der Waals surface area contributed by atoms with Crippen molar-refractivity contribution >= 4 is 0 Å². The Morgan fingerprint density at radius 1 is 1.00 bits per heavy atom. The van der Waals surface area contributed by atoms with E-state index in [9.17, 15) is 0 Å². The molecule has 0 aromatic rings. The van der Waals surface area contributed by atoms with Gasteiger partial charge in [0.2, 0.25) is 0 Å². The highest BCUT2D eigenvalue weighted by Gasteiger charge is 1.93. The van der Waals surface area contributed by atoms with Crippen molar-refractivity contribution in [2.24, 2.45) is 0 Å². The summed E-state index contributed by atoms with van der Waals surface area (Å²) in [7, 11) is 0. The second-order valence-corrected chi connectivity index (χ2v) is 0.934. The molecule has 1 fully saturated rings. The van der Waals surface area contributed by atoms with Gasteiger partial charge in [-0.15, -0.1) is 13.2 Å². The first-order chi connectivity index (χ1) is 4.50. The lowest BCUT2D eigenvalue weighted by Gasteiger charge is -1.76. The van der Waals surface area contributed by atoms with Crippen LogP contribution in [0.5, 0.6) is 0 Å². The van der Waals surface area contributed by atoms with Crippen molar-refractivity contribution in [2.45, 2.75) is 13.8 Å². The molecule has 1 saturated heterocycles. The molecular formula is C7H16O2. The molecule has 1 aliphatic heterocycles. The van der Waals surface area contributed by atoms with Gasteiger partial charge in [0.15, 0.2) is 0 Å². The average Bonchev–Trinajstić information content (AvgIpc) is 2.51. The third kappa shape index (κ3) is 11.3. The predicted octanol–water partition coefficient (Wildman–Crippen LogP) is 1.82. The normalized spacial score (nSPS) is 14.4. The quantitative estimate of drug-likeness (QED) is 0.468. The first-order valence-corrected chi connectivity index (χ1v) is 3.15. The van der Waals surface area contributed by atoms with Crippen LogP contribution in [0.4, 0.5) is 0 Å². The molecule has 0 bridgehead atoms. The third-order valence-electron chi connectivity index (χ3n) is 0.539. The maximum Gasteiger partial charge on any atom is 0.146 e. The number of ether oxygens (including phenoxy) is 2. The van der Waals surface area contributed by atoms with E-state index in [-0.39, 0.29) is 0 Å². The van der Waals surface area contributed by atoms with Gasteiger partial charge >= 0.3 is 0 Å². The average molecular weight is 132 g/mol. The summed E-state index contributed by atoms with van der Waals surface area (Å²) >= 11 is 0. The van der Waals surface area contributed by atoms with Gasteiger partial charge in [-0.1, -0.05) is 13.8 Å². The molecule has 0 aromatic carbocycles. The molecule has 0 unspecified atom stereocenters. The largest absolute Gasteiger partial charge is 0.353 e. The van der Waals surface area contributed by atoms with Crippen molar-refractivity contribution in [1.29, 1.82) is 0 Å². The molecule has 0 N–H and O–H groups in total. The Balaban J connectivity index is 0. The minimum atomic E-state index is 0.500. The summed E-state index contributed by atoms with van der Waals surface area (Å²) in [5, 5.41) is 0. The van der Waals surface area contributed by atoms with Gasteiger partial charge in [-0.05, 0) is 0 Å². The first kappa shape index (κ1) is 11.5. The zero-order valence-electron chi connectivity index (χ0n) is 6.35. The van der Waals surface area contributed by atoms with Crippen LogP contribution in [0.25, 0.3) is 0 Å². The minimum Gasteiger partial charge on any atom is -0.353 e. The molecule has 0 saturated carbocycles. The molecule has 2 nitrogen and oxygen atoms in total. The fourth-order valence-corrected chi connectivity index (χ4v) is 0.295. The van der Waals surface area contributed by atoms with E-state index in [0.717, 1.165) is 13.2 Å². The standard InChI is InChI=1S/C3H6O2.C2H6.C2H4/c1-2-5-3-4-1;2*1-2/h1-3H2;1-2H3;1-2H2. The van der Waals surface area contributed by atoms with Crippen LogP contribution in [0.3, 0.4) is 0 Å². The van der Waals surface area contributed by atoms with Crippen LogP contribution in [0.15, 0.2) is 13.2 Å². The highest BCUT2D eigenvalue weighted by Crippen LogP contribution is 1.85. The van der Waals surface area contributed by atoms with E-state index in [0.29, 0.717) is 6.79 Å². The summed E-state index contributed by atoms with van der Waals surface area (Å²) < 4.78 is 9.44. The molecule has 0 spiro atoms. The molecule has 0 atom stereocenters. The van der Waals surface area contributed by atoms with Gasteiger partial charge in [0.25, 0.3) is 0 Å². The number of rotatable bonds is 0. The Labute approximate surface area is 57.5 Å². The highest BCUT2D eigenvalue weighted by atomic mass is 16.7. The SMILES string of the molecule is C1COCO1.C=C.CC. The van der Waals surface area contributed by atoms with Crippen molar-refractivity contribution in [3.8, 4) is 0 Å². The Hall–Kier alpha value is -0.340. The molecule has 1 aliphatic rings. The zero-order valence-corrected chi connectivity index (χ0v) is 6.35. The maximum atomic E-state index is 4.72. The maximum absolute atomic E-state index is 4.72. The summed E-state index contributed by atoms with van der Waals surface area (Å²) in [6, 6.07) is 0. The van der Waals surface area contributed by atoms with Crippen molar-refractivity contribution in [3.05, 3.63) is 13.2 Å². The summed E-state index contributed by atoms with van der Waals surface area (Å²) in [5.41, 5.74) is 0. The van der Waals surface area contributed by atoms with E-state index in [1.54, 1.807) is 0 Å². The zero-order chi connectivity index (χ0) is 7.54. The van der Waals surface area contributed by atoms with Crippen LogP contribution >= 0.6 is 0 Å². The molecule has 0 aliphatic carbocycles. The molecule has 1 heterocycles. The summed E-state index contributed by atoms with van der Waals surface area (Å²) in [6.45, 7) is 12.1. The Bertz CT molecular complexity index is 26.3. The van der Waals surface area contributed by atoms with Crippen molar-refractivity contribution in [2.75, 3.05) is 20.0 Å². The third-order valence-corrected chi connectivity index (χ3v) is 0.539. The van der Waals surface area contributed by atoms with E-state index >= 15 is 0 Å². The number of hydrogen-bond acceptors (Lipinski definition) is 2. The first-order valence-electron chi connectivity index (χ1n) is 3.15. The van der Waals surface area contributed by atoms with Gasteiger partial charge in [-0.2, -0.15) is 0 Å². The summed E-state index contributed by atoms with van der Waals surface area (Å²) in [4.78, 5) is 0. The molecule has 2 heteroatoms. The molecule has 0 aromatic heterocycles. The van der Waals surface area contributed by atoms with Gasteiger partial charge in [0.05, 0.1) is 13.2 Å². The predicted molar refractivity (Wildman–Crippen MR) is 39.4 cm³/mol. The fraction of sp³-hybridized carbons (Fsp3) is 0.714. The van der Waals surface area contributed by atoms with Crippen LogP contribution in [0.2, 0.25) is 0 Å². The van der Waals surface area contributed by atoms with Gasteiger partial charge in [0.1, 0.15) is 6.79 Å². The molecule has 9 heavy (non-hydrogen) atoms. The lowest BCUT2D eigenvalue weighted by atomic mass is 10.8. The van der Waals surface area contributed by atoms with Crippen molar-refractivity contribution < 1.29 is 9.47 Å². The van der Waals surface area contributed by atoms with E-state index in [4.69, 9.17) is 9.47 Å². The smallest absolute Gasteiger partial charge is 0.146 e. The molecule has 0 amide bonds. The lowest BCUT2D eigenvalue weighted by molar-refractivity contribution is 0.0692. The van der Waals surface area contributed by atoms with E-state index < -0.39 is 0 Å². The summed E-state index contributed by atoms with van der Waals surface area (Å²) in [6.07, 6.45) is 0. The molecular weight excluding hydrogens is 116 g/mol. The summed E-state index contributed by atoms with van der Waals surface area (Å²) in [5.74, 6) is 0. The van der Waals surface area contributed by atoms with Gasteiger partial charge in [-0.3, -0.25) is 0 Å².